The first-order chi connectivity index (χ1) is 15.4. The summed E-state index contributed by atoms with van der Waals surface area (Å²) in [4.78, 5) is 4.40. The predicted molar refractivity (Wildman–Crippen MR) is 123 cm³/mol. The van der Waals surface area contributed by atoms with Gasteiger partial charge < -0.3 is 9.51 Å². The third kappa shape index (κ3) is 3.01. The van der Waals surface area contributed by atoms with Crippen molar-refractivity contribution in [1.82, 2.24) is 13.4 Å². The number of benzene rings is 2. The summed E-state index contributed by atoms with van der Waals surface area (Å²) >= 11 is 0. The molecule has 0 aliphatic rings. The molecule has 3 aromatic heterocycles. The Balaban J connectivity index is 1.84. The molecule has 0 spiro atoms. The number of para-hydroxylation sites is 1. The van der Waals surface area contributed by atoms with E-state index in [1.54, 1.807) is 71.5 Å². The average molecular weight is 442 g/mol. The van der Waals surface area contributed by atoms with E-state index in [1.807, 2.05) is 12.1 Å². The summed E-state index contributed by atoms with van der Waals surface area (Å²) in [5, 5.41) is 12.7. The SMILES string of the molecule is C#CCC(O)(c1ccn2ccnc2c1)c1cc2ccccc2n1S(=O)(=O)c1ccccc1. The van der Waals surface area contributed by atoms with Gasteiger partial charge in [-0.1, -0.05) is 36.4 Å². The van der Waals surface area contributed by atoms with Crippen LogP contribution in [0.1, 0.15) is 17.7 Å². The van der Waals surface area contributed by atoms with Gasteiger partial charge >= 0.3 is 0 Å². The van der Waals surface area contributed by atoms with Crippen LogP contribution in [-0.4, -0.2) is 26.9 Å². The van der Waals surface area contributed by atoms with Crippen molar-refractivity contribution in [2.24, 2.45) is 0 Å². The number of aromatic nitrogens is 3. The number of fused-ring (bicyclic) bond motifs is 2. The molecule has 5 aromatic rings. The standard InChI is InChI=1S/C25H19N3O3S/c1-2-13-25(29,20-12-15-27-16-14-26-24(27)18-20)23-17-19-8-6-7-11-22(19)28(23)32(30,31)21-9-4-3-5-10-21/h1,3-12,14-18,29H,13H2. The van der Waals surface area contributed by atoms with Crippen LogP contribution >= 0.6 is 0 Å². The largest absolute Gasteiger partial charge is 0.378 e. The smallest absolute Gasteiger partial charge is 0.268 e. The van der Waals surface area contributed by atoms with Gasteiger partial charge in [-0.2, -0.15) is 0 Å². The molecule has 32 heavy (non-hydrogen) atoms. The maximum absolute atomic E-state index is 13.8. The topological polar surface area (TPSA) is 76.6 Å². The second-order valence-electron chi connectivity index (χ2n) is 7.52. The zero-order valence-corrected chi connectivity index (χ0v) is 17.8. The number of hydrogen-bond donors (Lipinski definition) is 1. The molecule has 0 saturated carbocycles. The Hall–Kier alpha value is -3.86. The van der Waals surface area contributed by atoms with Gasteiger partial charge in [0, 0.05) is 30.4 Å². The minimum absolute atomic E-state index is 0.120. The first kappa shape index (κ1) is 20.1. The zero-order chi connectivity index (χ0) is 22.3. The average Bonchev–Trinajstić information content (AvgIpc) is 3.44. The number of aliphatic hydroxyl groups is 1. The third-order valence-electron chi connectivity index (χ3n) is 5.61. The molecule has 0 saturated heterocycles. The van der Waals surface area contributed by atoms with Crippen LogP contribution in [0, 0.1) is 12.3 Å². The van der Waals surface area contributed by atoms with Gasteiger partial charge in [-0.05, 0) is 42.0 Å². The van der Waals surface area contributed by atoms with Crippen molar-refractivity contribution in [3.8, 4) is 12.3 Å². The van der Waals surface area contributed by atoms with Crippen molar-refractivity contribution in [2.45, 2.75) is 16.9 Å². The van der Waals surface area contributed by atoms with Crippen LogP contribution in [-0.2, 0) is 15.6 Å². The summed E-state index contributed by atoms with van der Waals surface area (Å²) in [5.41, 5.74) is -0.0448. The normalized spacial score (nSPS) is 13.8. The summed E-state index contributed by atoms with van der Waals surface area (Å²) in [6.45, 7) is 0. The highest BCUT2D eigenvalue weighted by molar-refractivity contribution is 7.90. The molecule has 2 aromatic carbocycles. The molecular weight excluding hydrogens is 422 g/mol. The summed E-state index contributed by atoms with van der Waals surface area (Å²) in [5.74, 6) is 2.52. The zero-order valence-electron chi connectivity index (χ0n) is 17.0. The molecule has 1 atom stereocenters. The molecule has 0 aliphatic carbocycles. The van der Waals surface area contributed by atoms with Gasteiger partial charge in [-0.25, -0.2) is 17.4 Å². The Bertz CT molecular complexity index is 1590. The maximum Gasteiger partial charge on any atom is 0.268 e. The number of rotatable bonds is 5. The minimum atomic E-state index is -4.03. The van der Waals surface area contributed by atoms with Gasteiger partial charge in [-0.15, -0.1) is 12.3 Å². The van der Waals surface area contributed by atoms with Crippen LogP contribution in [0.2, 0.25) is 0 Å². The molecule has 0 radical (unpaired) electrons. The Kier molecular flexibility index (Phi) is 4.63. The van der Waals surface area contributed by atoms with Crippen molar-refractivity contribution in [2.75, 3.05) is 0 Å². The van der Waals surface area contributed by atoms with Gasteiger partial charge in [0.25, 0.3) is 10.0 Å². The van der Waals surface area contributed by atoms with E-state index in [1.165, 1.54) is 16.1 Å². The molecule has 3 heterocycles. The highest BCUT2D eigenvalue weighted by atomic mass is 32.2. The molecule has 5 rings (SSSR count). The molecule has 1 unspecified atom stereocenters. The Morgan fingerprint density at radius 1 is 1.00 bits per heavy atom. The fourth-order valence-corrected chi connectivity index (χ4v) is 5.63. The summed E-state index contributed by atoms with van der Waals surface area (Å²) in [6, 6.07) is 20.4. The molecule has 158 valence electrons. The first-order valence-corrected chi connectivity index (χ1v) is 11.4. The Morgan fingerprint density at radius 2 is 1.75 bits per heavy atom. The quantitative estimate of drug-likeness (QED) is 0.421. The van der Waals surface area contributed by atoms with Crippen molar-refractivity contribution < 1.29 is 13.5 Å². The van der Waals surface area contributed by atoms with E-state index in [2.05, 4.69) is 10.9 Å². The molecule has 1 N–H and O–H groups in total. The lowest BCUT2D eigenvalue weighted by Crippen LogP contribution is -2.32. The van der Waals surface area contributed by atoms with Gasteiger partial charge in [0.15, 0.2) is 0 Å². The molecule has 0 fully saturated rings. The molecule has 6 nitrogen and oxygen atoms in total. The lowest BCUT2D eigenvalue weighted by Gasteiger charge is -2.28. The van der Waals surface area contributed by atoms with Crippen molar-refractivity contribution in [3.63, 3.8) is 0 Å². The number of imidazole rings is 1. The van der Waals surface area contributed by atoms with Crippen LogP contribution < -0.4 is 0 Å². The second-order valence-corrected chi connectivity index (χ2v) is 9.31. The fraction of sp³-hybridized carbons (Fsp3) is 0.0800. The number of terminal acetylenes is 1. The molecule has 7 heteroatoms. The van der Waals surface area contributed by atoms with E-state index in [0.717, 1.165) is 0 Å². The van der Waals surface area contributed by atoms with E-state index in [9.17, 15) is 13.5 Å². The monoisotopic (exact) mass is 441 g/mol. The Morgan fingerprint density at radius 3 is 2.53 bits per heavy atom. The van der Waals surface area contributed by atoms with Gasteiger partial charge in [0.05, 0.1) is 16.1 Å². The summed E-state index contributed by atoms with van der Waals surface area (Å²) in [6.07, 6.45) is 10.7. The van der Waals surface area contributed by atoms with Gasteiger partial charge in [0.1, 0.15) is 11.2 Å². The van der Waals surface area contributed by atoms with E-state index in [-0.39, 0.29) is 17.0 Å². The molecule has 0 amide bonds. The van der Waals surface area contributed by atoms with E-state index < -0.39 is 15.6 Å². The molecule has 0 bridgehead atoms. The van der Waals surface area contributed by atoms with E-state index in [0.29, 0.717) is 22.1 Å². The Labute approximate surface area is 185 Å². The summed E-state index contributed by atoms with van der Waals surface area (Å²) < 4.78 is 30.5. The highest BCUT2D eigenvalue weighted by Gasteiger charge is 2.38. The lowest BCUT2D eigenvalue weighted by molar-refractivity contribution is 0.0813. The number of nitrogens with zero attached hydrogens (tertiary/aromatic N) is 3. The van der Waals surface area contributed by atoms with Crippen LogP contribution in [0.15, 0.2) is 96.3 Å². The fourth-order valence-electron chi connectivity index (χ4n) is 4.03. The van der Waals surface area contributed by atoms with Crippen molar-refractivity contribution >= 4 is 26.6 Å². The van der Waals surface area contributed by atoms with Crippen LogP contribution in [0.3, 0.4) is 0 Å². The van der Waals surface area contributed by atoms with E-state index >= 15 is 0 Å². The predicted octanol–water partition coefficient (Wildman–Crippen LogP) is 3.79. The van der Waals surface area contributed by atoms with Crippen molar-refractivity contribution in [3.05, 3.63) is 103 Å². The number of hydrogen-bond acceptors (Lipinski definition) is 4. The maximum atomic E-state index is 13.8. The van der Waals surface area contributed by atoms with Gasteiger partial charge in [-0.3, -0.25) is 0 Å². The van der Waals surface area contributed by atoms with Crippen molar-refractivity contribution in [1.29, 1.82) is 0 Å². The van der Waals surface area contributed by atoms with Crippen LogP contribution in [0.25, 0.3) is 16.6 Å². The first-order valence-electron chi connectivity index (χ1n) is 9.96. The van der Waals surface area contributed by atoms with E-state index in [4.69, 9.17) is 6.42 Å². The highest BCUT2D eigenvalue weighted by Crippen LogP contribution is 2.38. The molecular formula is C25H19N3O3S. The number of pyridine rings is 1. The second kappa shape index (κ2) is 7.38. The molecule has 0 aliphatic heterocycles. The van der Waals surface area contributed by atoms with Crippen LogP contribution in [0.4, 0.5) is 0 Å². The summed E-state index contributed by atoms with van der Waals surface area (Å²) in [7, 11) is -4.03. The van der Waals surface area contributed by atoms with Gasteiger partial charge in [0.2, 0.25) is 0 Å². The van der Waals surface area contributed by atoms with Crippen LogP contribution in [0.5, 0.6) is 0 Å². The third-order valence-corrected chi connectivity index (χ3v) is 7.35. The lowest BCUT2D eigenvalue weighted by atomic mass is 9.88. The minimum Gasteiger partial charge on any atom is -0.378 e.